The van der Waals surface area contributed by atoms with Gasteiger partial charge < -0.3 is 14.5 Å². The molecule has 0 spiro atoms. The van der Waals surface area contributed by atoms with E-state index in [0.717, 1.165) is 5.56 Å². The summed E-state index contributed by atoms with van der Waals surface area (Å²) < 4.78 is 32.8. The summed E-state index contributed by atoms with van der Waals surface area (Å²) in [5.41, 5.74) is 0.853. The van der Waals surface area contributed by atoms with Crippen molar-refractivity contribution in [1.29, 1.82) is 0 Å². The largest absolute Gasteiger partial charge is 0.378 e. The van der Waals surface area contributed by atoms with Crippen LogP contribution in [0, 0.1) is 0 Å². The van der Waals surface area contributed by atoms with Crippen LogP contribution in [0.1, 0.15) is 25.3 Å². The molecule has 0 aromatic heterocycles. The molecule has 1 aromatic carbocycles. The molecule has 1 unspecified atom stereocenters. The molecule has 0 aliphatic carbocycles. The first-order chi connectivity index (χ1) is 14.3. The molecule has 0 radical (unpaired) electrons. The van der Waals surface area contributed by atoms with Crippen LogP contribution in [0.4, 0.5) is 0 Å². The highest BCUT2D eigenvalue weighted by Crippen LogP contribution is 2.20. The molecule has 166 valence electrons. The summed E-state index contributed by atoms with van der Waals surface area (Å²) in [6, 6.07) is 5.59. The number of likely N-dealkylation sites (tertiary alicyclic amines) is 1. The second kappa shape index (κ2) is 10.1. The number of rotatable bonds is 8. The standard InChI is InChI=1S/C20H28ClN3O5S/c1-2-18(20(26)23-10-12-29-13-11-23)24-9-7-17(19(24)25)22-30(27,28)14-8-15-3-5-16(21)6-4-15/h3-6,17-18,22H,2,7-14H2,1H3/t17?,18-/m0/s1. The lowest BCUT2D eigenvalue weighted by molar-refractivity contribution is -0.146. The number of halogens is 1. The number of hydrogen-bond donors (Lipinski definition) is 1. The molecule has 2 fully saturated rings. The second-order valence-electron chi connectivity index (χ2n) is 7.55. The summed E-state index contributed by atoms with van der Waals surface area (Å²) in [5.74, 6) is -0.554. The number of sulfonamides is 1. The fourth-order valence-corrected chi connectivity index (χ4v) is 5.22. The Morgan fingerprint density at radius 3 is 2.53 bits per heavy atom. The molecule has 0 saturated carbocycles. The molecule has 8 nitrogen and oxygen atoms in total. The molecule has 2 saturated heterocycles. The predicted molar refractivity (Wildman–Crippen MR) is 114 cm³/mol. The third-order valence-electron chi connectivity index (χ3n) is 5.51. The molecule has 2 heterocycles. The minimum absolute atomic E-state index is 0.0969. The van der Waals surface area contributed by atoms with E-state index in [9.17, 15) is 18.0 Å². The van der Waals surface area contributed by atoms with Crippen LogP contribution in [0.25, 0.3) is 0 Å². The van der Waals surface area contributed by atoms with Crippen LogP contribution in [0.15, 0.2) is 24.3 Å². The van der Waals surface area contributed by atoms with Crippen LogP contribution in [0.3, 0.4) is 0 Å². The molecule has 0 bridgehead atoms. The Bertz CT molecular complexity index is 856. The molecule has 30 heavy (non-hydrogen) atoms. The maximum Gasteiger partial charge on any atom is 0.245 e. The van der Waals surface area contributed by atoms with Gasteiger partial charge in [-0.2, -0.15) is 0 Å². The Morgan fingerprint density at radius 1 is 1.23 bits per heavy atom. The Labute approximate surface area is 182 Å². The number of benzene rings is 1. The van der Waals surface area contributed by atoms with Gasteiger partial charge in [0, 0.05) is 24.7 Å². The fraction of sp³-hybridized carbons (Fsp3) is 0.600. The van der Waals surface area contributed by atoms with Crippen molar-refractivity contribution in [2.45, 2.75) is 38.3 Å². The molecule has 2 atom stereocenters. The number of morpholine rings is 1. The monoisotopic (exact) mass is 457 g/mol. The van der Waals surface area contributed by atoms with Crippen LogP contribution in [-0.2, 0) is 30.8 Å². The molecule has 2 amide bonds. The van der Waals surface area contributed by atoms with E-state index in [2.05, 4.69) is 4.72 Å². The zero-order valence-electron chi connectivity index (χ0n) is 17.0. The molecule has 1 aromatic rings. The quantitative estimate of drug-likeness (QED) is 0.629. The number of carbonyl (C=O) groups is 2. The topological polar surface area (TPSA) is 96.0 Å². The molecular weight excluding hydrogens is 430 g/mol. The van der Waals surface area contributed by atoms with E-state index in [0.29, 0.717) is 57.1 Å². The zero-order chi connectivity index (χ0) is 21.7. The fourth-order valence-electron chi connectivity index (χ4n) is 3.82. The summed E-state index contributed by atoms with van der Waals surface area (Å²) >= 11 is 5.85. The van der Waals surface area contributed by atoms with Gasteiger partial charge in [-0.25, -0.2) is 13.1 Å². The highest BCUT2D eigenvalue weighted by molar-refractivity contribution is 7.89. The van der Waals surface area contributed by atoms with Gasteiger partial charge in [0.2, 0.25) is 21.8 Å². The van der Waals surface area contributed by atoms with Gasteiger partial charge in [0.25, 0.3) is 0 Å². The summed E-state index contributed by atoms with van der Waals surface area (Å²) in [5, 5.41) is 0.591. The van der Waals surface area contributed by atoms with Crippen LogP contribution in [0.2, 0.25) is 5.02 Å². The van der Waals surface area contributed by atoms with Crippen LogP contribution in [0.5, 0.6) is 0 Å². The number of nitrogens with one attached hydrogen (secondary N) is 1. The minimum atomic E-state index is -3.65. The maximum absolute atomic E-state index is 12.9. The molecule has 2 aliphatic rings. The first kappa shape index (κ1) is 23.0. The predicted octanol–water partition coefficient (Wildman–Crippen LogP) is 1.04. The van der Waals surface area contributed by atoms with E-state index in [4.69, 9.17) is 16.3 Å². The number of aryl methyl sites for hydroxylation is 1. The van der Waals surface area contributed by atoms with Crippen LogP contribution >= 0.6 is 11.6 Å². The number of hydrogen-bond acceptors (Lipinski definition) is 5. The van der Waals surface area contributed by atoms with Crippen molar-refractivity contribution in [3.63, 3.8) is 0 Å². The summed E-state index contributed by atoms with van der Waals surface area (Å²) in [7, 11) is -3.65. The van der Waals surface area contributed by atoms with Gasteiger partial charge in [0.05, 0.1) is 19.0 Å². The number of ether oxygens (including phenoxy) is 1. The lowest BCUT2D eigenvalue weighted by Gasteiger charge is -2.34. The third kappa shape index (κ3) is 5.72. The summed E-state index contributed by atoms with van der Waals surface area (Å²) in [6.45, 7) is 4.23. The van der Waals surface area contributed by atoms with Crippen molar-refractivity contribution < 1.29 is 22.7 Å². The third-order valence-corrected chi connectivity index (χ3v) is 7.14. The minimum Gasteiger partial charge on any atom is -0.378 e. The molecule has 3 rings (SSSR count). The maximum atomic E-state index is 12.9. The van der Waals surface area contributed by atoms with Gasteiger partial charge in [-0.3, -0.25) is 9.59 Å². The first-order valence-corrected chi connectivity index (χ1v) is 12.2. The van der Waals surface area contributed by atoms with Gasteiger partial charge in [-0.15, -0.1) is 0 Å². The highest BCUT2D eigenvalue weighted by atomic mass is 35.5. The van der Waals surface area contributed by atoms with Gasteiger partial charge >= 0.3 is 0 Å². The summed E-state index contributed by atoms with van der Waals surface area (Å²) in [4.78, 5) is 29.0. The molecular formula is C20H28ClN3O5S. The molecule has 2 aliphatic heterocycles. The van der Waals surface area contributed by atoms with Crippen molar-refractivity contribution in [2.24, 2.45) is 0 Å². The number of amides is 2. The van der Waals surface area contributed by atoms with Crippen LogP contribution in [-0.4, -0.2) is 80.7 Å². The van der Waals surface area contributed by atoms with Crippen LogP contribution < -0.4 is 4.72 Å². The van der Waals surface area contributed by atoms with Crippen molar-refractivity contribution in [2.75, 3.05) is 38.6 Å². The van der Waals surface area contributed by atoms with Gasteiger partial charge in [-0.05, 0) is 37.0 Å². The van der Waals surface area contributed by atoms with E-state index in [1.54, 1.807) is 29.2 Å². The van der Waals surface area contributed by atoms with Crippen molar-refractivity contribution >= 4 is 33.4 Å². The normalized spacial score (nSPS) is 21.1. The zero-order valence-corrected chi connectivity index (χ0v) is 18.6. The van der Waals surface area contributed by atoms with E-state index < -0.39 is 22.1 Å². The van der Waals surface area contributed by atoms with E-state index in [1.165, 1.54) is 4.90 Å². The number of carbonyl (C=O) groups excluding carboxylic acids is 2. The van der Waals surface area contributed by atoms with Gasteiger partial charge in [0.1, 0.15) is 12.1 Å². The van der Waals surface area contributed by atoms with Gasteiger partial charge in [-0.1, -0.05) is 30.7 Å². The Morgan fingerprint density at radius 2 is 1.90 bits per heavy atom. The SMILES string of the molecule is CC[C@@H](C(=O)N1CCOCC1)N1CCC(NS(=O)(=O)CCc2ccc(Cl)cc2)C1=O. The van der Waals surface area contributed by atoms with Crippen molar-refractivity contribution in [3.05, 3.63) is 34.9 Å². The Balaban J connectivity index is 1.57. The van der Waals surface area contributed by atoms with Crippen molar-refractivity contribution in [3.8, 4) is 0 Å². The lowest BCUT2D eigenvalue weighted by atomic mass is 10.1. The average Bonchev–Trinajstić information content (AvgIpc) is 3.08. The number of nitrogens with zero attached hydrogens (tertiary/aromatic N) is 2. The van der Waals surface area contributed by atoms with Crippen molar-refractivity contribution in [1.82, 2.24) is 14.5 Å². The Kier molecular flexibility index (Phi) is 7.73. The second-order valence-corrected chi connectivity index (χ2v) is 9.86. The smallest absolute Gasteiger partial charge is 0.245 e. The van der Waals surface area contributed by atoms with E-state index >= 15 is 0 Å². The Hall–Kier alpha value is -1.68. The molecule has 1 N–H and O–H groups in total. The molecule has 10 heteroatoms. The summed E-state index contributed by atoms with van der Waals surface area (Å²) in [6.07, 6.45) is 1.16. The highest BCUT2D eigenvalue weighted by Gasteiger charge is 2.41. The average molecular weight is 458 g/mol. The first-order valence-electron chi connectivity index (χ1n) is 10.2. The van der Waals surface area contributed by atoms with E-state index in [-0.39, 0.29) is 17.6 Å². The van der Waals surface area contributed by atoms with Gasteiger partial charge in [0.15, 0.2) is 0 Å². The van der Waals surface area contributed by atoms with E-state index in [1.807, 2.05) is 6.92 Å². The lowest BCUT2D eigenvalue weighted by Crippen LogP contribution is -2.53.